The Morgan fingerprint density at radius 1 is 1.12 bits per heavy atom. The summed E-state index contributed by atoms with van der Waals surface area (Å²) in [6.07, 6.45) is 1.73. The van der Waals surface area contributed by atoms with Crippen molar-refractivity contribution in [2.75, 3.05) is 0 Å². The highest BCUT2D eigenvalue weighted by molar-refractivity contribution is 5.26. The van der Waals surface area contributed by atoms with E-state index in [4.69, 9.17) is 5.11 Å². The van der Waals surface area contributed by atoms with Gasteiger partial charge in [0, 0.05) is 25.0 Å². The fourth-order valence-electron chi connectivity index (χ4n) is 1.60. The molecule has 0 radical (unpaired) electrons. The molecule has 4 nitrogen and oxygen atoms in total. The summed E-state index contributed by atoms with van der Waals surface area (Å²) in [7, 11) is 0. The molecule has 1 aromatic heterocycles. The molecule has 0 spiro atoms. The van der Waals surface area contributed by atoms with Crippen LogP contribution in [0.15, 0.2) is 36.5 Å². The van der Waals surface area contributed by atoms with Crippen molar-refractivity contribution in [3.05, 3.63) is 53.3 Å². The molecule has 3 N–H and O–H groups in total. The summed E-state index contributed by atoms with van der Waals surface area (Å²) in [5.74, 6) is 0. The van der Waals surface area contributed by atoms with Crippen LogP contribution >= 0.6 is 0 Å². The molecule has 0 saturated heterocycles. The summed E-state index contributed by atoms with van der Waals surface area (Å²) >= 11 is 0. The molecule has 84 valence electrons. The van der Waals surface area contributed by atoms with Crippen molar-refractivity contribution < 1.29 is 5.11 Å². The van der Waals surface area contributed by atoms with Gasteiger partial charge in [0.05, 0.1) is 6.61 Å². The number of hydrogen-bond acceptors (Lipinski definition) is 3. The van der Waals surface area contributed by atoms with Crippen molar-refractivity contribution >= 4 is 0 Å². The Balaban J connectivity index is 1.89. The van der Waals surface area contributed by atoms with E-state index in [1.807, 2.05) is 30.3 Å². The van der Waals surface area contributed by atoms with Gasteiger partial charge in [-0.1, -0.05) is 24.3 Å². The van der Waals surface area contributed by atoms with Crippen LogP contribution in [0.2, 0.25) is 0 Å². The van der Waals surface area contributed by atoms with Gasteiger partial charge in [-0.2, -0.15) is 5.10 Å². The van der Waals surface area contributed by atoms with E-state index in [1.54, 1.807) is 6.20 Å². The molecule has 0 amide bonds. The maximum absolute atomic E-state index is 9.16. The average Bonchev–Trinajstić information content (AvgIpc) is 2.83. The summed E-state index contributed by atoms with van der Waals surface area (Å²) in [6.45, 7) is 1.58. The molecule has 0 saturated carbocycles. The lowest BCUT2D eigenvalue weighted by molar-refractivity contribution is 0.280. The van der Waals surface area contributed by atoms with Crippen LogP contribution in [0.3, 0.4) is 0 Å². The number of nitrogens with zero attached hydrogens (tertiary/aromatic N) is 1. The number of aliphatic hydroxyl groups is 1. The Labute approximate surface area is 94.3 Å². The van der Waals surface area contributed by atoms with Gasteiger partial charge in [-0.05, 0) is 17.2 Å². The van der Waals surface area contributed by atoms with Crippen LogP contribution in [0.4, 0.5) is 0 Å². The molecule has 0 aliphatic heterocycles. The highest BCUT2D eigenvalue weighted by atomic mass is 16.3. The largest absolute Gasteiger partial charge is 0.392 e. The fraction of sp³-hybridized carbons (Fsp3) is 0.250. The molecule has 2 rings (SSSR count). The van der Waals surface area contributed by atoms with Crippen LogP contribution in [0.1, 0.15) is 16.8 Å². The van der Waals surface area contributed by atoms with Crippen molar-refractivity contribution in [3.63, 3.8) is 0 Å². The van der Waals surface area contributed by atoms with Gasteiger partial charge in [-0.25, -0.2) is 0 Å². The fourth-order valence-corrected chi connectivity index (χ4v) is 1.60. The van der Waals surface area contributed by atoms with Gasteiger partial charge in [-0.15, -0.1) is 0 Å². The molecule has 0 bridgehead atoms. The molecular weight excluding hydrogens is 202 g/mol. The third kappa shape index (κ3) is 2.68. The van der Waals surface area contributed by atoms with E-state index in [-0.39, 0.29) is 6.61 Å². The molecule has 0 aliphatic carbocycles. The molecule has 2 aromatic rings. The van der Waals surface area contributed by atoms with E-state index in [1.165, 1.54) is 0 Å². The predicted molar refractivity (Wildman–Crippen MR) is 61.5 cm³/mol. The van der Waals surface area contributed by atoms with E-state index in [9.17, 15) is 0 Å². The second kappa shape index (κ2) is 5.44. The summed E-state index contributed by atoms with van der Waals surface area (Å²) in [5.41, 5.74) is 3.16. The SMILES string of the molecule is OCc1ccccc1CNCc1ccn[nH]1. The average molecular weight is 217 g/mol. The van der Waals surface area contributed by atoms with Gasteiger partial charge in [0.2, 0.25) is 0 Å². The normalized spacial score (nSPS) is 10.6. The molecule has 0 atom stereocenters. The van der Waals surface area contributed by atoms with Crippen LogP contribution < -0.4 is 5.32 Å². The van der Waals surface area contributed by atoms with Crippen molar-refractivity contribution in [2.45, 2.75) is 19.7 Å². The maximum atomic E-state index is 9.16. The first-order chi connectivity index (χ1) is 7.90. The molecule has 1 aromatic carbocycles. The summed E-state index contributed by atoms with van der Waals surface area (Å²) in [4.78, 5) is 0. The number of nitrogens with one attached hydrogen (secondary N) is 2. The number of aromatic amines is 1. The second-order valence-electron chi connectivity index (χ2n) is 3.61. The maximum Gasteiger partial charge on any atom is 0.0685 e. The van der Waals surface area contributed by atoms with Crippen LogP contribution in [0.5, 0.6) is 0 Å². The smallest absolute Gasteiger partial charge is 0.0685 e. The topological polar surface area (TPSA) is 60.9 Å². The van der Waals surface area contributed by atoms with Gasteiger partial charge < -0.3 is 10.4 Å². The Kier molecular flexibility index (Phi) is 3.69. The second-order valence-corrected chi connectivity index (χ2v) is 3.61. The first-order valence-electron chi connectivity index (χ1n) is 5.27. The number of H-pyrrole nitrogens is 1. The Morgan fingerprint density at radius 2 is 1.94 bits per heavy atom. The Morgan fingerprint density at radius 3 is 2.62 bits per heavy atom. The number of hydrogen-bond donors (Lipinski definition) is 3. The molecule has 0 aliphatic rings. The minimum atomic E-state index is 0.0852. The van der Waals surface area contributed by atoms with Crippen LogP contribution in [0, 0.1) is 0 Å². The van der Waals surface area contributed by atoms with Gasteiger partial charge in [0.15, 0.2) is 0 Å². The van der Waals surface area contributed by atoms with E-state index in [2.05, 4.69) is 15.5 Å². The van der Waals surface area contributed by atoms with E-state index in [0.29, 0.717) is 0 Å². The third-order valence-corrected chi connectivity index (χ3v) is 2.48. The lowest BCUT2D eigenvalue weighted by Crippen LogP contribution is -2.14. The highest BCUT2D eigenvalue weighted by Gasteiger charge is 2.00. The number of rotatable bonds is 5. The van der Waals surface area contributed by atoms with Crippen LogP contribution in [-0.2, 0) is 19.7 Å². The molecule has 16 heavy (non-hydrogen) atoms. The van der Waals surface area contributed by atoms with Crippen molar-refractivity contribution in [3.8, 4) is 0 Å². The molecule has 0 unspecified atom stereocenters. The summed E-state index contributed by atoms with van der Waals surface area (Å²) in [6, 6.07) is 9.81. The number of benzene rings is 1. The molecule has 0 fully saturated rings. The highest BCUT2D eigenvalue weighted by Crippen LogP contribution is 2.08. The van der Waals surface area contributed by atoms with Crippen molar-refractivity contribution in [1.82, 2.24) is 15.5 Å². The van der Waals surface area contributed by atoms with E-state index in [0.717, 1.165) is 29.9 Å². The molecular formula is C12H15N3O. The van der Waals surface area contributed by atoms with E-state index >= 15 is 0 Å². The third-order valence-electron chi connectivity index (χ3n) is 2.48. The number of aliphatic hydroxyl groups excluding tert-OH is 1. The summed E-state index contributed by atoms with van der Waals surface area (Å²) in [5, 5.41) is 19.2. The van der Waals surface area contributed by atoms with Gasteiger partial charge >= 0.3 is 0 Å². The van der Waals surface area contributed by atoms with E-state index < -0.39 is 0 Å². The minimum Gasteiger partial charge on any atom is -0.392 e. The number of aromatic nitrogens is 2. The van der Waals surface area contributed by atoms with Gasteiger partial charge in [0.25, 0.3) is 0 Å². The zero-order valence-corrected chi connectivity index (χ0v) is 8.98. The van der Waals surface area contributed by atoms with Crippen molar-refractivity contribution in [2.24, 2.45) is 0 Å². The van der Waals surface area contributed by atoms with Gasteiger partial charge in [-0.3, -0.25) is 5.10 Å². The minimum absolute atomic E-state index is 0.0852. The molecule has 1 heterocycles. The predicted octanol–water partition coefficient (Wildman–Crippen LogP) is 1.19. The first-order valence-corrected chi connectivity index (χ1v) is 5.27. The van der Waals surface area contributed by atoms with Crippen LogP contribution in [0.25, 0.3) is 0 Å². The first kappa shape index (κ1) is 10.9. The lowest BCUT2D eigenvalue weighted by atomic mass is 10.1. The van der Waals surface area contributed by atoms with Crippen LogP contribution in [-0.4, -0.2) is 15.3 Å². The monoisotopic (exact) mass is 217 g/mol. The quantitative estimate of drug-likeness (QED) is 0.705. The van der Waals surface area contributed by atoms with Gasteiger partial charge in [0.1, 0.15) is 0 Å². The summed E-state index contributed by atoms with van der Waals surface area (Å²) < 4.78 is 0. The zero-order chi connectivity index (χ0) is 11.2. The van der Waals surface area contributed by atoms with Crippen molar-refractivity contribution in [1.29, 1.82) is 0 Å². The standard InChI is InChI=1S/C12H15N3O/c16-9-11-4-2-1-3-10(11)7-13-8-12-5-6-14-15-12/h1-6,13,16H,7-9H2,(H,14,15). The Bertz CT molecular complexity index is 426. The lowest BCUT2D eigenvalue weighted by Gasteiger charge is -2.07. The zero-order valence-electron chi connectivity index (χ0n) is 8.98. The molecule has 4 heteroatoms. The Hall–Kier alpha value is -1.65.